The van der Waals surface area contributed by atoms with Crippen molar-refractivity contribution in [2.45, 2.75) is 22.5 Å². The summed E-state index contributed by atoms with van der Waals surface area (Å²) in [4.78, 5) is 0.229. The summed E-state index contributed by atoms with van der Waals surface area (Å²) in [6, 6.07) is 13.8. The largest absolute Gasteiger partial charge is 0.361 e. The van der Waals surface area contributed by atoms with E-state index >= 15 is 0 Å². The van der Waals surface area contributed by atoms with Gasteiger partial charge in [-0.1, -0.05) is 30.3 Å². The van der Waals surface area contributed by atoms with Crippen molar-refractivity contribution in [1.82, 2.24) is 0 Å². The molecule has 2 aromatic rings. The van der Waals surface area contributed by atoms with E-state index in [2.05, 4.69) is 0 Å². The van der Waals surface area contributed by atoms with E-state index in [1.807, 2.05) is 0 Å². The summed E-state index contributed by atoms with van der Waals surface area (Å²) < 4.78 is 43.6. The van der Waals surface area contributed by atoms with Crippen LogP contribution in [0.5, 0.6) is 0 Å². The molecule has 0 amide bonds. The van der Waals surface area contributed by atoms with Crippen molar-refractivity contribution < 1.29 is 22.7 Å². The molecule has 1 aliphatic heterocycles. The lowest BCUT2D eigenvalue weighted by Crippen LogP contribution is -2.36. The first kappa shape index (κ1) is 16.1. The van der Waals surface area contributed by atoms with Gasteiger partial charge in [0.05, 0.1) is 16.8 Å². The predicted octanol–water partition coefficient (Wildman–Crippen LogP) is 3.03. The molecule has 1 heterocycles. The highest BCUT2D eigenvalue weighted by Crippen LogP contribution is 2.37. The van der Waals surface area contributed by atoms with Gasteiger partial charge in [-0.3, -0.25) is 0 Å². The molecule has 6 heteroatoms. The highest BCUT2D eigenvalue weighted by Gasteiger charge is 2.39. The van der Waals surface area contributed by atoms with Gasteiger partial charge in [0.2, 0.25) is 6.29 Å². The molecule has 2 aromatic carbocycles. The van der Waals surface area contributed by atoms with E-state index in [0.717, 1.165) is 0 Å². The molecule has 121 valence electrons. The van der Waals surface area contributed by atoms with Gasteiger partial charge in [0.25, 0.3) is 0 Å². The Kier molecular flexibility index (Phi) is 4.48. The van der Waals surface area contributed by atoms with Crippen molar-refractivity contribution in [3.63, 3.8) is 0 Å². The number of rotatable bonds is 3. The molecule has 1 aliphatic rings. The monoisotopic (exact) mass is 335 g/mol. The van der Waals surface area contributed by atoms with Gasteiger partial charge in [-0.15, -0.1) is 0 Å². The molecule has 2 atom stereocenters. The molecule has 3 rings (SSSR count). The zero-order valence-corrected chi connectivity index (χ0v) is 13.0. The second-order valence-electron chi connectivity index (χ2n) is 5.47. The first-order valence-corrected chi connectivity index (χ1v) is 8.76. The van der Waals surface area contributed by atoms with E-state index in [4.69, 9.17) is 4.74 Å². The Hall–Kier alpha value is -1.76. The molecule has 23 heavy (non-hydrogen) atoms. The lowest BCUT2D eigenvalue weighted by molar-refractivity contribution is -0.0364. The normalized spacial score (nSPS) is 22.9. The first-order valence-electron chi connectivity index (χ1n) is 7.21. The fraction of sp³-hybridized carbons (Fsp3) is 0.235. The van der Waals surface area contributed by atoms with Crippen molar-refractivity contribution in [1.29, 1.82) is 0 Å². The minimum Gasteiger partial charge on any atom is -0.361 e. The number of sulfone groups is 1. The van der Waals surface area contributed by atoms with E-state index in [9.17, 15) is 17.9 Å². The Morgan fingerprint density at radius 2 is 1.70 bits per heavy atom. The standard InChI is InChI=1S/C17H16FO4S/c18-13-8-6-12(7-9-13)16-10-15(11-22-17(16)19)23(20,21)14-4-2-1-3-5-14/h1-9,15-16,19H,10-11H2. The van der Waals surface area contributed by atoms with Crippen LogP contribution in [-0.2, 0) is 14.6 Å². The smallest absolute Gasteiger partial charge is 0.228 e. The van der Waals surface area contributed by atoms with E-state index in [1.165, 1.54) is 24.3 Å². The van der Waals surface area contributed by atoms with E-state index in [-0.39, 0.29) is 24.2 Å². The highest BCUT2D eigenvalue weighted by molar-refractivity contribution is 7.92. The van der Waals surface area contributed by atoms with Crippen LogP contribution in [0.1, 0.15) is 17.9 Å². The molecule has 0 aliphatic carbocycles. The lowest BCUT2D eigenvalue weighted by Gasteiger charge is -2.32. The van der Waals surface area contributed by atoms with Crippen molar-refractivity contribution in [2.75, 3.05) is 6.61 Å². The van der Waals surface area contributed by atoms with E-state index in [1.54, 1.807) is 30.3 Å². The van der Waals surface area contributed by atoms with Gasteiger partial charge >= 0.3 is 0 Å². The maximum absolute atomic E-state index is 13.0. The van der Waals surface area contributed by atoms with Crippen molar-refractivity contribution >= 4 is 9.84 Å². The summed E-state index contributed by atoms with van der Waals surface area (Å²) in [5.41, 5.74) is 0.622. The Balaban J connectivity index is 1.87. The van der Waals surface area contributed by atoms with Gasteiger partial charge in [0.1, 0.15) is 5.82 Å². The van der Waals surface area contributed by atoms with Crippen LogP contribution in [-0.4, -0.2) is 25.4 Å². The van der Waals surface area contributed by atoms with E-state index in [0.29, 0.717) is 5.56 Å². The zero-order chi connectivity index (χ0) is 16.4. The highest BCUT2D eigenvalue weighted by atomic mass is 32.2. The molecule has 0 spiro atoms. The summed E-state index contributed by atoms with van der Waals surface area (Å²) in [6.07, 6.45) is -0.0366. The van der Waals surface area contributed by atoms with Crippen LogP contribution in [0.4, 0.5) is 4.39 Å². The third-order valence-electron chi connectivity index (χ3n) is 4.00. The van der Waals surface area contributed by atoms with Gasteiger partial charge in [-0.05, 0) is 36.2 Å². The minimum absolute atomic E-state index is 0.0965. The average molecular weight is 335 g/mol. The molecule has 0 bridgehead atoms. The first-order chi connectivity index (χ1) is 11.0. The SMILES string of the molecule is O=S(=O)(c1ccccc1)C1CO[C](O)C(c2ccc(F)cc2)C1. The van der Waals surface area contributed by atoms with Gasteiger partial charge in [-0.25, -0.2) is 12.8 Å². The van der Waals surface area contributed by atoms with Crippen LogP contribution in [0.15, 0.2) is 59.5 Å². The van der Waals surface area contributed by atoms with Crippen LogP contribution in [0.25, 0.3) is 0 Å². The van der Waals surface area contributed by atoms with Crippen LogP contribution in [0.2, 0.25) is 0 Å². The third kappa shape index (κ3) is 3.29. The molecule has 2 unspecified atom stereocenters. The quantitative estimate of drug-likeness (QED) is 0.936. The third-order valence-corrected chi connectivity index (χ3v) is 6.13. The number of hydrogen-bond acceptors (Lipinski definition) is 4. The van der Waals surface area contributed by atoms with Crippen molar-refractivity contribution in [3.05, 3.63) is 72.3 Å². The summed E-state index contributed by atoms with van der Waals surface area (Å²) in [5, 5.41) is 9.18. The Morgan fingerprint density at radius 1 is 1.04 bits per heavy atom. The zero-order valence-electron chi connectivity index (χ0n) is 12.2. The second kappa shape index (κ2) is 6.39. The molecular formula is C17H16FO4S. The molecule has 1 saturated heterocycles. The number of hydrogen-bond donors (Lipinski definition) is 1. The van der Waals surface area contributed by atoms with Crippen molar-refractivity contribution in [2.24, 2.45) is 0 Å². The summed E-state index contributed by atoms with van der Waals surface area (Å²) >= 11 is 0. The Morgan fingerprint density at radius 3 is 2.35 bits per heavy atom. The number of benzene rings is 2. The van der Waals surface area contributed by atoms with Crippen LogP contribution in [0, 0.1) is 12.1 Å². The summed E-state index contributed by atoms with van der Waals surface area (Å²) in [6.45, 7) is -0.0965. The summed E-state index contributed by atoms with van der Waals surface area (Å²) in [5.74, 6) is -0.980. The molecule has 4 nitrogen and oxygen atoms in total. The van der Waals surface area contributed by atoms with Gasteiger partial charge in [-0.2, -0.15) is 0 Å². The maximum Gasteiger partial charge on any atom is 0.228 e. The fourth-order valence-corrected chi connectivity index (χ4v) is 4.32. The molecule has 0 aromatic heterocycles. The molecule has 1 fully saturated rings. The van der Waals surface area contributed by atoms with Crippen LogP contribution < -0.4 is 0 Å². The topological polar surface area (TPSA) is 63.6 Å². The minimum atomic E-state index is -3.56. The molecular weight excluding hydrogens is 319 g/mol. The predicted molar refractivity (Wildman–Crippen MR) is 82.3 cm³/mol. The van der Waals surface area contributed by atoms with Crippen molar-refractivity contribution in [3.8, 4) is 0 Å². The second-order valence-corrected chi connectivity index (χ2v) is 7.70. The fourth-order valence-electron chi connectivity index (χ4n) is 2.70. The van der Waals surface area contributed by atoms with Crippen LogP contribution >= 0.6 is 0 Å². The van der Waals surface area contributed by atoms with Gasteiger partial charge in [0.15, 0.2) is 9.84 Å². The summed E-state index contributed by atoms with van der Waals surface area (Å²) in [7, 11) is -3.56. The molecule has 0 saturated carbocycles. The number of halogens is 1. The molecule has 1 radical (unpaired) electrons. The Labute approximate surface area is 134 Å². The average Bonchev–Trinajstić information content (AvgIpc) is 2.57. The Bertz CT molecular complexity index is 759. The van der Waals surface area contributed by atoms with Gasteiger partial charge in [0, 0.05) is 5.92 Å². The maximum atomic E-state index is 13.0. The van der Waals surface area contributed by atoms with E-state index < -0.39 is 26.8 Å². The van der Waals surface area contributed by atoms with Gasteiger partial charge < -0.3 is 9.84 Å². The lowest BCUT2D eigenvalue weighted by atomic mass is 9.92. The number of ether oxygens (including phenoxy) is 1. The number of aliphatic hydroxyl groups excluding tert-OH is 1. The number of aliphatic hydroxyl groups is 1. The molecule has 1 N–H and O–H groups in total. The van der Waals surface area contributed by atoms with Crippen LogP contribution in [0.3, 0.4) is 0 Å².